The number of halogens is 1. The lowest BCUT2D eigenvalue weighted by molar-refractivity contribution is -0.114. The number of para-hydroxylation sites is 2. The van der Waals surface area contributed by atoms with Crippen LogP contribution in [-0.4, -0.2) is 39.3 Å². The number of benzene rings is 2. The summed E-state index contributed by atoms with van der Waals surface area (Å²) in [6.45, 7) is 5.33. The van der Waals surface area contributed by atoms with Gasteiger partial charge in [0, 0.05) is 19.8 Å². The van der Waals surface area contributed by atoms with Crippen LogP contribution in [0, 0.1) is 12.7 Å². The zero-order valence-corrected chi connectivity index (χ0v) is 17.5. The molecule has 0 unspecified atom stereocenters. The Morgan fingerprint density at radius 1 is 1.11 bits per heavy atom. The molecule has 0 aromatic heterocycles. The van der Waals surface area contributed by atoms with Gasteiger partial charge in [-0.25, -0.2) is 8.70 Å². The number of rotatable bonds is 7. The summed E-state index contributed by atoms with van der Waals surface area (Å²) < 4.78 is 41.4. The summed E-state index contributed by atoms with van der Waals surface area (Å²) in [6.07, 6.45) is 0. The molecule has 0 atom stereocenters. The number of hydrogen-bond donors (Lipinski definition) is 1. The van der Waals surface area contributed by atoms with Crippen molar-refractivity contribution in [3.63, 3.8) is 0 Å². The van der Waals surface area contributed by atoms with Crippen LogP contribution in [0.2, 0.25) is 0 Å². The van der Waals surface area contributed by atoms with Crippen molar-refractivity contribution in [3.05, 3.63) is 59.4 Å². The summed E-state index contributed by atoms with van der Waals surface area (Å²) in [4.78, 5) is 12.7. The van der Waals surface area contributed by atoms with Crippen LogP contribution >= 0.6 is 0 Å². The Bertz CT molecular complexity index is 959. The highest BCUT2D eigenvalue weighted by molar-refractivity contribution is 7.90. The smallest absolute Gasteiger partial charge is 0.304 e. The van der Waals surface area contributed by atoms with Crippen LogP contribution < -0.4 is 9.62 Å². The number of hydrogen-bond acceptors (Lipinski definition) is 3. The second-order valence-corrected chi connectivity index (χ2v) is 9.06. The van der Waals surface area contributed by atoms with Crippen molar-refractivity contribution in [1.29, 1.82) is 0 Å². The fourth-order valence-corrected chi connectivity index (χ4v) is 3.87. The first-order chi connectivity index (χ1) is 13.1. The summed E-state index contributed by atoms with van der Waals surface area (Å²) in [5, 5.41) is 2.80. The van der Waals surface area contributed by atoms with Crippen LogP contribution in [0.3, 0.4) is 0 Å². The van der Waals surface area contributed by atoms with Crippen molar-refractivity contribution in [1.82, 2.24) is 4.31 Å². The van der Waals surface area contributed by atoms with Gasteiger partial charge in [0.05, 0.1) is 5.69 Å². The summed E-state index contributed by atoms with van der Waals surface area (Å²) in [6, 6.07) is 11.2. The van der Waals surface area contributed by atoms with Gasteiger partial charge >= 0.3 is 10.2 Å². The highest BCUT2D eigenvalue weighted by Gasteiger charge is 2.29. The Labute approximate surface area is 166 Å². The molecule has 1 amide bonds. The third kappa shape index (κ3) is 4.69. The van der Waals surface area contributed by atoms with Gasteiger partial charge < -0.3 is 5.32 Å². The Kier molecular flexibility index (Phi) is 6.79. The summed E-state index contributed by atoms with van der Waals surface area (Å²) in [7, 11) is -1.41. The van der Waals surface area contributed by atoms with E-state index in [1.165, 1.54) is 32.3 Å². The van der Waals surface area contributed by atoms with Crippen LogP contribution in [0.25, 0.3) is 0 Å². The number of carbonyl (C=O) groups is 1. The topological polar surface area (TPSA) is 69.7 Å². The molecule has 2 aromatic carbocycles. The van der Waals surface area contributed by atoms with E-state index in [9.17, 15) is 17.6 Å². The molecule has 6 nitrogen and oxygen atoms in total. The molecule has 2 rings (SSSR count). The molecule has 0 radical (unpaired) electrons. The molecule has 1 N–H and O–H groups in total. The van der Waals surface area contributed by atoms with Gasteiger partial charge in [0.25, 0.3) is 0 Å². The van der Waals surface area contributed by atoms with Crippen molar-refractivity contribution >= 4 is 27.5 Å². The van der Waals surface area contributed by atoms with E-state index in [1.54, 1.807) is 0 Å². The first kappa shape index (κ1) is 21.8. The van der Waals surface area contributed by atoms with Gasteiger partial charge in [0.15, 0.2) is 0 Å². The molecule has 2 aromatic rings. The second kappa shape index (κ2) is 8.70. The van der Waals surface area contributed by atoms with E-state index in [-0.39, 0.29) is 11.6 Å². The fourth-order valence-electron chi connectivity index (χ4n) is 2.79. The maximum atomic E-state index is 14.3. The predicted octanol–water partition coefficient (Wildman–Crippen LogP) is 3.51. The van der Waals surface area contributed by atoms with Crippen molar-refractivity contribution in [2.75, 3.05) is 30.3 Å². The molecule has 0 bridgehead atoms. The Morgan fingerprint density at radius 3 is 2.32 bits per heavy atom. The average molecular weight is 408 g/mol. The molecule has 0 fully saturated rings. The summed E-state index contributed by atoms with van der Waals surface area (Å²) in [5.74, 6) is -1.10. The molecule has 28 heavy (non-hydrogen) atoms. The monoisotopic (exact) mass is 407 g/mol. The lowest BCUT2D eigenvalue weighted by atomic mass is 9.98. The minimum Gasteiger partial charge on any atom is -0.324 e. The van der Waals surface area contributed by atoms with Crippen LogP contribution in [-0.2, 0) is 15.0 Å². The third-order valence-corrected chi connectivity index (χ3v) is 6.15. The SMILES string of the molecule is Cc1cccc(C(C)C)c1NC(=O)CN(c1ccccc1F)S(=O)(=O)N(C)C. The van der Waals surface area contributed by atoms with Crippen molar-refractivity contribution in [2.24, 2.45) is 0 Å². The Hall–Kier alpha value is -2.45. The van der Waals surface area contributed by atoms with E-state index in [2.05, 4.69) is 5.32 Å². The van der Waals surface area contributed by atoms with E-state index in [0.29, 0.717) is 5.69 Å². The number of aryl methyl sites for hydroxylation is 1. The molecule has 0 aliphatic rings. The molecule has 0 saturated heterocycles. The summed E-state index contributed by atoms with van der Waals surface area (Å²) >= 11 is 0. The minimum absolute atomic E-state index is 0.170. The van der Waals surface area contributed by atoms with Gasteiger partial charge in [-0.05, 0) is 36.1 Å². The lowest BCUT2D eigenvalue weighted by Gasteiger charge is -2.27. The van der Waals surface area contributed by atoms with E-state index < -0.39 is 28.5 Å². The number of nitrogens with zero attached hydrogens (tertiary/aromatic N) is 2. The van der Waals surface area contributed by atoms with E-state index in [4.69, 9.17) is 0 Å². The first-order valence-electron chi connectivity index (χ1n) is 8.89. The quantitative estimate of drug-likeness (QED) is 0.764. The molecule has 8 heteroatoms. The number of amides is 1. The van der Waals surface area contributed by atoms with Crippen LogP contribution in [0.5, 0.6) is 0 Å². The number of nitrogens with one attached hydrogen (secondary N) is 1. The van der Waals surface area contributed by atoms with E-state index in [1.807, 2.05) is 39.0 Å². The molecular formula is C20H26FN3O3S. The van der Waals surface area contributed by atoms with Crippen molar-refractivity contribution in [2.45, 2.75) is 26.7 Å². The predicted molar refractivity (Wildman–Crippen MR) is 110 cm³/mol. The van der Waals surface area contributed by atoms with Gasteiger partial charge in [-0.1, -0.05) is 44.2 Å². The normalized spacial score (nSPS) is 11.7. The highest BCUT2D eigenvalue weighted by atomic mass is 32.2. The van der Waals surface area contributed by atoms with E-state index >= 15 is 0 Å². The zero-order valence-electron chi connectivity index (χ0n) is 16.7. The van der Waals surface area contributed by atoms with Gasteiger partial charge in [0.2, 0.25) is 5.91 Å². The standard InChI is InChI=1S/C20H26FN3O3S/c1-14(2)16-10-8-9-15(3)20(16)22-19(25)13-24(28(26,27)23(4)5)18-12-7-6-11-17(18)21/h6-12,14H,13H2,1-5H3,(H,22,25). The minimum atomic E-state index is -4.07. The fraction of sp³-hybridized carbons (Fsp3) is 0.350. The Balaban J connectivity index is 2.39. The number of anilines is 2. The van der Waals surface area contributed by atoms with Crippen LogP contribution in [0.1, 0.15) is 30.9 Å². The first-order valence-corrected chi connectivity index (χ1v) is 10.3. The van der Waals surface area contributed by atoms with Crippen molar-refractivity contribution in [3.8, 4) is 0 Å². The zero-order chi connectivity index (χ0) is 21.1. The largest absolute Gasteiger partial charge is 0.324 e. The second-order valence-electron chi connectivity index (χ2n) is 6.99. The maximum Gasteiger partial charge on any atom is 0.304 e. The lowest BCUT2D eigenvalue weighted by Crippen LogP contribution is -2.44. The third-order valence-electron chi connectivity index (χ3n) is 4.34. The van der Waals surface area contributed by atoms with Crippen LogP contribution in [0.4, 0.5) is 15.8 Å². The van der Waals surface area contributed by atoms with Gasteiger partial charge in [-0.15, -0.1) is 0 Å². The summed E-state index contributed by atoms with van der Waals surface area (Å²) in [5.41, 5.74) is 2.28. The highest BCUT2D eigenvalue weighted by Crippen LogP contribution is 2.28. The Morgan fingerprint density at radius 2 is 1.75 bits per heavy atom. The van der Waals surface area contributed by atoms with E-state index in [0.717, 1.165) is 25.8 Å². The van der Waals surface area contributed by atoms with Crippen molar-refractivity contribution < 1.29 is 17.6 Å². The molecule has 0 aliphatic heterocycles. The maximum absolute atomic E-state index is 14.3. The van der Waals surface area contributed by atoms with Gasteiger partial charge in [-0.2, -0.15) is 12.7 Å². The average Bonchev–Trinajstić information content (AvgIpc) is 2.61. The molecule has 0 heterocycles. The number of carbonyl (C=O) groups excluding carboxylic acids is 1. The molecule has 0 saturated carbocycles. The van der Waals surface area contributed by atoms with Gasteiger partial charge in [-0.3, -0.25) is 4.79 Å². The molecule has 0 aliphatic carbocycles. The van der Waals surface area contributed by atoms with Crippen LogP contribution in [0.15, 0.2) is 42.5 Å². The molecular weight excluding hydrogens is 381 g/mol. The van der Waals surface area contributed by atoms with Gasteiger partial charge in [0.1, 0.15) is 12.4 Å². The molecule has 152 valence electrons. The molecule has 0 spiro atoms.